The van der Waals surface area contributed by atoms with Crippen molar-refractivity contribution in [1.82, 2.24) is 10.2 Å². The molecule has 1 aliphatic carbocycles. The number of carbonyl (C=O) groups excluding carboxylic acids is 1. The first-order chi connectivity index (χ1) is 20.5. The topological polar surface area (TPSA) is 32.3 Å². The smallest absolute Gasteiger partial charge is 0.185 e. The molecule has 3 aliphatic rings. The Hall–Kier alpha value is -4.15. The van der Waals surface area contributed by atoms with E-state index in [9.17, 15) is 4.79 Å². The van der Waals surface area contributed by atoms with E-state index in [0.717, 1.165) is 33.7 Å². The molecule has 3 nitrogen and oxygen atoms in total. The van der Waals surface area contributed by atoms with Gasteiger partial charge in [-0.1, -0.05) is 133 Å². The minimum absolute atomic E-state index is 0.0859. The van der Waals surface area contributed by atoms with Gasteiger partial charge in [-0.3, -0.25) is 4.79 Å². The van der Waals surface area contributed by atoms with E-state index in [-0.39, 0.29) is 22.8 Å². The molecule has 1 spiro atoms. The average Bonchev–Trinajstić information content (AvgIpc) is 3.66. The molecule has 0 radical (unpaired) electrons. The maximum Gasteiger partial charge on any atom is 0.185 e. The second-order valence-electron chi connectivity index (χ2n) is 13.9. The van der Waals surface area contributed by atoms with Crippen LogP contribution in [-0.4, -0.2) is 10.7 Å². The van der Waals surface area contributed by atoms with Crippen LogP contribution in [0.4, 0.5) is 0 Å². The van der Waals surface area contributed by atoms with Crippen molar-refractivity contribution in [3.63, 3.8) is 0 Å². The van der Waals surface area contributed by atoms with Gasteiger partial charge in [0.2, 0.25) is 0 Å². The monoisotopic (exact) mass is 582 g/mol. The van der Waals surface area contributed by atoms with E-state index in [1.165, 1.54) is 20.9 Å². The molecule has 1 atom stereocenters. The lowest BCUT2D eigenvalue weighted by Gasteiger charge is -2.43. The van der Waals surface area contributed by atoms with E-state index >= 15 is 0 Å². The van der Waals surface area contributed by atoms with E-state index in [1.807, 2.05) is 11.3 Å². The van der Waals surface area contributed by atoms with Gasteiger partial charge in [-0.05, 0) is 40.2 Å². The van der Waals surface area contributed by atoms with E-state index in [4.69, 9.17) is 0 Å². The summed E-state index contributed by atoms with van der Waals surface area (Å²) in [4.78, 5) is 19.3. The highest BCUT2D eigenvalue weighted by molar-refractivity contribution is 7.16. The fourth-order valence-corrected chi connectivity index (χ4v) is 8.08. The van der Waals surface area contributed by atoms with Crippen molar-refractivity contribution in [2.24, 2.45) is 10.8 Å². The average molecular weight is 583 g/mol. The van der Waals surface area contributed by atoms with Gasteiger partial charge >= 0.3 is 0 Å². The van der Waals surface area contributed by atoms with Crippen LogP contribution >= 0.6 is 11.3 Å². The molecule has 2 aliphatic heterocycles. The lowest BCUT2D eigenvalue weighted by atomic mass is 9.68. The third kappa shape index (κ3) is 4.34. The van der Waals surface area contributed by atoms with Crippen LogP contribution in [0, 0.1) is 10.8 Å². The number of nitrogens with zero attached hydrogens (tertiary/aromatic N) is 1. The third-order valence-electron chi connectivity index (χ3n) is 8.84. The number of rotatable bonds is 3. The molecule has 0 amide bonds. The summed E-state index contributed by atoms with van der Waals surface area (Å²) in [6.07, 6.45) is 4.51. The highest BCUT2D eigenvalue weighted by Crippen LogP contribution is 2.62. The molecular formula is C39H38N2OS. The van der Waals surface area contributed by atoms with E-state index < -0.39 is 5.54 Å². The van der Waals surface area contributed by atoms with E-state index in [1.54, 1.807) is 0 Å². The minimum atomic E-state index is -0.633. The standard InChI is InChI=1S/C39H38N2OS/c1-37(2,3)29-23-39(24-30(34(29)42)38(4,5)6)35-28(22-31(43-35)25-16-10-7-11-17-25)36-40-32(26-18-12-8-13-19-26)33(41(36)39)27-20-14-9-15-21-27/h7-24,36,40H,1-6H3. The molecule has 1 N–H and O–H groups in total. The molecule has 0 bridgehead atoms. The summed E-state index contributed by atoms with van der Waals surface area (Å²) in [5.41, 5.74) is 7.54. The van der Waals surface area contributed by atoms with Crippen LogP contribution < -0.4 is 5.32 Å². The number of hydrogen-bond acceptors (Lipinski definition) is 4. The Morgan fingerprint density at radius 2 is 1.19 bits per heavy atom. The number of fused-ring (bicyclic) bond motifs is 5. The number of Topliss-reactive ketones (excluding diaryl/α,β-unsaturated/α-hetero) is 1. The van der Waals surface area contributed by atoms with Crippen LogP contribution in [0.5, 0.6) is 0 Å². The second kappa shape index (κ2) is 9.68. The van der Waals surface area contributed by atoms with Gasteiger partial charge < -0.3 is 10.2 Å². The Morgan fingerprint density at radius 1 is 0.698 bits per heavy atom. The fourth-order valence-electron chi connectivity index (χ4n) is 6.76. The van der Waals surface area contributed by atoms with Gasteiger partial charge in [-0.2, -0.15) is 0 Å². The molecule has 0 saturated carbocycles. The SMILES string of the molecule is CC(C)(C)C1=CC2(C=C(C(C)(C)C)C1=O)c1sc(-c3ccccc3)cc1C1NC(c3ccccc3)=C(c3ccccc3)N12. The van der Waals surface area contributed by atoms with Crippen molar-refractivity contribution in [2.75, 3.05) is 0 Å². The zero-order chi connectivity index (χ0) is 30.1. The Morgan fingerprint density at radius 3 is 1.70 bits per heavy atom. The molecule has 4 heteroatoms. The predicted molar refractivity (Wildman–Crippen MR) is 179 cm³/mol. The summed E-state index contributed by atoms with van der Waals surface area (Å²) >= 11 is 1.85. The number of hydrogen-bond donors (Lipinski definition) is 1. The molecule has 1 aromatic heterocycles. The van der Waals surface area contributed by atoms with Gasteiger partial charge in [0, 0.05) is 32.0 Å². The quantitative estimate of drug-likeness (QED) is 0.261. The Bertz CT molecular complexity index is 1780. The minimum Gasteiger partial charge on any atom is -0.359 e. The second-order valence-corrected chi connectivity index (χ2v) is 15.0. The van der Waals surface area contributed by atoms with Crippen molar-refractivity contribution in [3.05, 3.63) is 142 Å². The molecular weight excluding hydrogens is 545 g/mol. The number of ketones is 1. The van der Waals surface area contributed by atoms with Gasteiger partial charge in [0.25, 0.3) is 0 Å². The van der Waals surface area contributed by atoms with Gasteiger partial charge in [0.15, 0.2) is 5.78 Å². The van der Waals surface area contributed by atoms with Gasteiger partial charge in [0.05, 0.1) is 11.4 Å². The van der Waals surface area contributed by atoms with Crippen molar-refractivity contribution in [2.45, 2.75) is 53.2 Å². The van der Waals surface area contributed by atoms with Gasteiger partial charge in [-0.25, -0.2) is 0 Å². The summed E-state index contributed by atoms with van der Waals surface area (Å²) in [7, 11) is 0. The van der Waals surface area contributed by atoms with Crippen molar-refractivity contribution in [1.29, 1.82) is 0 Å². The lowest BCUT2D eigenvalue weighted by molar-refractivity contribution is -0.114. The van der Waals surface area contributed by atoms with Crippen LogP contribution in [0.15, 0.2) is 120 Å². The summed E-state index contributed by atoms with van der Waals surface area (Å²) in [5, 5.41) is 4.00. The summed E-state index contributed by atoms with van der Waals surface area (Å²) in [6.45, 7) is 13.0. The van der Waals surface area contributed by atoms with Crippen molar-refractivity contribution in [3.8, 4) is 10.4 Å². The summed E-state index contributed by atoms with van der Waals surface area (Å²) < 4.78 is 0. The van der Waals surface area contributed by atoms with E-state index in [2.05, 4.69) is 161 Å². The lowest BCUT2D eigenvalue weighted by Crippen LogP contribution is -2.43. The molecule has 216 valence electrons. The first-order valence-corrected chi connectivity index (χ1v) is 15.9. The number of allylic oxidation sites excluding steroid dienone is 2. The maximum absolute atomic E-state index is 14.2. The third-order valence-corrected chi connectivity index (χ3v) is 10.2. The van der Waals surface area contributed by atoms with Crippen molar-refractivity contribution < 1.29 is 4.79 Å². The first kappa shape index (κ1) is 27.7. The van der Waals surface area contributed by atoms with Crippen LogP contribution in [0.3, 0.4) is 0 Å². The predicted octanol–water partition coefficient (Wildman–Crippen LogP) is 9.58. The zero-order valence-corrected chi connectivity index (χ0v) is 26.5. The van der Waals surface area contributed by atoms with Crippen molar-refractivity contribution >= 4 is 28.5 Å². The highest BCUT2D eigenvalue weighted by Gasteiger charge is 2.57. The maximum atomic E-state index is 14.2. The molecule has 43 heavy (non-hydrogen) atoms. The van der Waals surface area contributed by atoms with Gasteiger partial charge in [-0.15, -0.1) is 11.3 Å². The first-order valence-electron chi connectivity index (χ1n) is 15.1. The number of benzene rings is 3. The summed E-state index contributed by atoms with van der Waals surface area (Å²) in [5.74, 6) is 0.163. The molecule has 4 aromatic rings. The molecule has 3 aromatic carbocycles. The summed E-state index contributed by atoms with van der Waals surface area (Å²) in [6, 6.07) is 34.4. The number of nitrogens with one attached hydrogen (secondary N) is 1. The Labute approximate surface area is 259 Å². The normalized spacial score (nSPS) is 19.3. The highest BCUT2D eigenvalue weighted by atomic mass is 32.1. The van der Waals surface area contributed by atoms with Crippen LogP contribution in [0.1, 0.15) is 69.3 Å². The van der Waals surface area contributed by atoms with Crippen LogP contribution in [-0.2, 0) is 10.3 Å². The Balaban J connectivity index is 1.57. The largest absolute Gasteiger partial charge is 0.359 e. The molecule has 7 rings (SSSR count). The van der Waals surface area contributed by atoms with Crippen LogP contribution in [0.2, 0.25) is 0 Å². The number of thiophene rings is 1. The van der Waals surface area contributed by atoms with E-state index in [0.29, 0.717) is 0 Å². The van der Waals surface area contributed by atoms with Gasteiger partial charge in [0.1, 0.15) is 11.7 Å². The number of carbonyl (C=O) groups is 1. The fraction of sp³-hybridized carbons (Fsp3) is 0.256. The molecule has 0 saturated heterocycles. The molecule has 0 fully saturated rings. The molecule has 3 heterocycles. The zero-order valence-electron chi connectivity index (χ0n) is 25.7. The van der Waals surface area contributed by atoms with Crippen LogP contribution in [0.25, 0.3) is 21.8 Å². The molecule has 1 unspecified atom stereocenters. The Kier molecular flexibility index (Phi) is 6.23.